The maximum atomic E-state index is 12.6. The van der Waals surface area contributed by atoms with Crippen LogP contribution in [0.2, 0.25) is 0 Å². The fourth-order valence-corrected chi connectivity index (χ4v) is 3.37. The zero-order valence-electron chi connectivity index (χ0n) is 17.3. The lowest BCUT2D eigenvalue weighted by molar-refractivity contribution is -0.133. The number of piperazine rings is 1. The second kappa shape index (κ2) is 9.00. The summed E-state index contributed by atoms with van der Waals surface area (Å²) in [5, 5.41) is 0. The summed E-state index contributed by atoms with van der Waals surface area (Å²) in [6, 6.07) is 14.3. The van der Waals surface area contributed by atoms with Gasteiger partial charge in [0.1, 0.15) is 11.5 Å². The third-order valence-electron chi connectivity index (χ3n) is 5.30. The molecule has 28 heavy (non-hydrogen) atoms. The van der Waals surface area contributed by atoms with Crippen molar-refractivity contribution in [2.45, 2.75) is 26.7 Å². The molecule has 0 spiro atoms. The van der Waals surface area contributed by atoms with Crippen LogP contribution in [0.3, 0.4) is 0 Å². The van der Waals surface area contributed by atoms with Gasteiger partial charge in [-0.25, -0.2) is 0 Å². The molecule has 1 fully saturated rings. The second-order valence-corrected chi connectivity index (χ2v) is 7.53. The number of aryl methyl sites for hydroxylation is 1. The van der Waals surface area contributed by atoms with Gasteiger partial charge >= 0.3 is 0 Å². The quantitative estimate of drug-likeness (QED) is 0.761. The topological polar surface area (TPSA) is 42.0 Å². The molecule has 5 nitrogen and oxygen atoms in total. The average molecular weight is 383 g/mol. The average Bonchev–Trinajstić information content (AvgIpc) is 2.73. The highest BCUT2D eigenvalue weighted by atomic mass is 16.5. The summed E-state index contributed by atoms with van der Waals surface area (Å²) in [7, 11) is 1.67. The number of hydrogen-bond acceptors (Lipinski definition) is 4. The van der Waals surface area contributed by atoms with Crippen molar-refractivity contribution in [1.82, 2.24) is 4.90 Å². The lowest BCUT2D eigenvalue weighted by Crippen LogP contribution is -2.50. The summed E-state index contributed by atoms with van der Waals surface area (Å²) in [4.78, 5) is 16.8. The molecule has 0 atom stereocenters. The summed E-state index contributed by atoms with van der Waals surface area (Å²) in [5.41, 5.74) is 3.44. The smallest absolute Gasteiger partial charge is 0.260 e. The van der Waals surface area contributed by atoms with Crippen LogP contribution in [0.15, 0.2) is 42.5 Å². The van der Waals surface area contributed by atoms with Crippen molar-refractivity contribution in [2.24, 2.45) is 0 Å². The highest BCUT2D eigenvalue weighted by Crippen LogP contribution is 2.24. The van der Waals surface area contributed by atoms with E-state index in [0.29, 0.717) is 19.0 Å². The highest BCUT2D eigenvalue weighted by molar-refractivity contribution is 5.78. The van der Waals surface area contributed by atoms with E-state index in [1.54, 1.807) is 7.11 Å². The summed E-state index contributed by atoms with van der Waals surface area (Å²) in [6.07, 6.45) is 0. The van der Waals surface area contributed by atoms with Gasteiger partial charge in [0.15, 0.2) is 6.61 Å². The first-order valence-electron chi connectivity index (χ1n) is 9.88. The Morgan fingerprint density at radius 1 is 1.04 bits per heavy atom. The molecule has 150 valence electrons. The molecule has 0 radical (unpaired) electrons. The van der Waals surface area contributed by atoms with Crippen molar-refractivity contribution in [2.75, 3.05) is 44.8 Å². The van der Waals surface area contributed by atoms with Crippen LogP contribution in [0.1, 0.15) is 30.9 Å². The van der Waals surface area contributed by atoms with Crippen LogP contribution in [-0.2, 0) is 4.79 Å². The van der Waals surface area contributed by atoms with E-state index in [1.807, 2.05) is 24.0 Å². The molecule has 3 rings (SSSR count). The number of ether oxygens (including phenoxy) is 2. The molecule has 0 unspecified atom stereocenters. The molecule has 5 heteroatoms. The van der Waals surface area contributed by atoms with E-state index < -0.39 is 0 Å². The molecule has 1 aliphatic rings. The van der Waals surface area contributed by atoms with Crippen molar-refractivity contribution >= 4 is 11.6 Å². The monoisotopic (exact) mass is 382 g/mol. The van der Waals surface area contributed by atoms with Crippen LogP contribution in [-0.4, -0.2) is 50.7 Å². The SMILES string of the molecule is COc1ccc(N2CCN(C(=O)COc3cc(C(C)C)ccc3C)CC2)cc1. The number of benzene rings is 2. The molecular formula is C23H30N2O3. The summed E-state index contributed by atoms with van der Waals surface area (Å²) in [6.45, 7) is 9.46. The van der Waals surface area contributed by atoms with Crippen LogP contribution >= 0.6 is 0 Å². The Labute approximate surface area is 167 Å². The van der Waals surface area contributed by atoms with Crippen molar-refractivity contribution in [3.05, 3.63) is 53.6 Å². The number of anilines is 1. The van der Waals surface area contributed by atoms with Crippen molar-refractivity contribution in [1.29, 1.82) is 0 Å². The largest absolute Gasteiger partial charge is 0.497 e. The van der Waals surface area contributed by atoms with Crippen LogP contribution in [0.4, 0.5) is 5.69 Å². The minimum Gasteiger partial charge on any atom is -0.497 e. The summed E-state index contributed by atoms with van der Waals surface area (Å²) >= 11 is 0. The molecule has 1 heterocycles. The zero-order valence-corrected chi connectivity index (χ0v) is 17.3. The maximum absolute atomic E-state index is 12.6. The standard InChI is InChI=1S/C23H30N2O3/c1-17(2)19-6-5-18(3)22(15-19)28-16-23(26)25-13-11-24(12-14-25)20-7-9-21(27-4)10-8-20/h5-10,15,17H,11-14,16H2,1-4H3. The van der Waals surface area contributed by atoms with Gasteiger partial charge in [-0.2, -0.15) is 0 Å². The van der Waals surface area contributed by atoms with Gasteiger partial charge in [-0.05, 0) is 54.3 Å². The molecule has 1 aliphatic heterocycles. The van der Waals surface area contributed by atoms with Crippen molar-refractivity contribution in [3.8, 4) is 11.5 Å². The minimum absolute atomic E-state index is 0.0451. The predicted molar refractivity (Wildman–Crippen MR) is 113 cm³/mol. The molecule has 0 saturated carbocycles. The predicted octanol–water partition coefficient (Wildman–Crippen LogP) is 3.85. The van der Waals surface area contributed by atoms with Crippen LogP contribution in [0.25, 0.3) is 0 Å². The number of amides is 1. The normalized spacial score (nSPS) is 14.3. The molecule has 2 aromatic carbocycles. The van der Waals surface area contributed by atoms with Crippen molar-refractivity contribution in [3.63, 3.8) is 0 Å². The number of hydrogen-bond donors (Lipinski definition) is 0. The fraction of sp³-hybridized carbons (Fsp3) is 0.435. The first-order chi connectivity index (χ1) is 13.5. The Morgan fingerprint density at radius 2 is 1.71 bits per heavy atom. The third kappa shape index (κ3) is 4.77. The van der Waals surface area contributed by atoms with E-state index in [2.05, 4.69) is 49.1 Å². The summed E-state index contributed by atoms with van der Waals surface area (Å²) < 4.78 is 11.1. The molecule has 0 N–H and O–H groups in total. The van der Waals surface area contributed by atoms with Crippen molar-refractivity contribution < 1.29 is 14.3 Å². The van der Waals surface area contributed by atoms with Gasteiger partial charge in [0.25, 0.3) is 5.91 Å². The fourth-order valence-electron chi connectivity index (χ4n) is 3.37. The summed E-state index contributed by atoms with van der Waals surface area (Å²) in [5.74, 6) is 2.14. The van der Waals surface area contributed by atoms with E-state index in [0.717, 1.165) is 35.8 Å². The first-order valence-corrected chi connectivity index (χ1v) is 9.88. The maximum Gasteiger partial charge on any atom is 0.260 e. The zero-order chi connectivity index (χ0) is 20.1. The second-order valence-electron chi connectivity index (χ2n) is 7.53. The Kier molecular flexibility index (Phi) is 6.45. The number of rotatable bonds is 6. The minimum atomic E-state index is 0.0451. The van der Waals surface area contributed by atoms with Gasteiger partial charge in [0.05, 0.1) is 7.11 Å². The molecule has 1 amide bonds. The van der Waals surface area contributed by atoms with E-state index in [-0.39, 0.29) is 12.5 Å². The Hall–Kier alpha value is -2.69. The third-order valence-corrected chi connectivity index (χ3v) is 5.30. The molecule has 2 aromatic rings. The molecular weight excluding hydrogens is 352 g/mol. The van der Waals surface area contributed by atoms with Crippen LogP contribution < -0.4 is 14.4 Å². The number of carbonyl (C=O) groups excluding carboxylic acids is 1. The molecule has 0 aliphatic carbocycles. The Morgan fingerprint density at radius 3 is 2.32 bits per heavy atom. The van der Waals surface area contributed by atoms with Gasteiger partial charge in [-0.3, -0.25) is 4.79 Å². The Balaban J connectivity index is 1.52. The van der Waals surface area contributed by atoms with Gasteiger partial charge in [0, 0.05) is 31.9 Å². The number of carbonyl (C=O) groups is 1. The van der Waals surface area contributed by atoms with E-state index >= 15 is 0 Å². The van der Waals surface area contributed by atoms with Crippen LogP contribution in [0.5, 0.6) is 11.5 Å². The highest BCUT2D eigenvalue weighted by Gasteiger charge is 2.22. The Bertz CT molecular complexity index is 794. The van der Waals surface area contributed by atoms with E-state index in [9.17, 15) is 4.79 Å². The number of methoxy groups -OCH3 is 1. The van der Waals surface area contributed by atoms with Crippen LogP contribution in [0, 0.1) is 6.92 Å². The lowest BCUT2D eigenvalue weighted by Gasteiger charge is -2.36. The molecule has 0 bridgehead atoms. The van der Waals surface area contributed by atoms with E-state index in [1.165, 1.54) is 5.56 Å². The van der Waals surface area contributed by atoms with Gasteiger partial charge in [0.2, 0.25) is 0 Å². The van der Waals surface area contributed by atoms with Gasteiger partial charge < -0.3 is 19.3 Å². The first kappa shape index (κ1) is 20.1. The van der Waals surface area contributed by atoms with Gasteiger partial charge in [-0.15, -0.1) is 0 Å². The molecule has 0 aromatic heterocycles. The van der Waals surface area contributed by atoms with Gasteiger partial charge in [-0.1, -0.05) is 26.0 Å². The lowest BCUT2D eigenvalue weighted by atomic mass is 10.0. The van der Waals surface area contributed by atoms with E-state index in [4.69, 9.17) is 9.47 Å². The molecule has 1 saturated heterocycles. The number of nitrogens with zero attached hydrogens (tertiary/aromatic N) is 2.